The number of pyridine rings is 1. The third-order valence-corrected chi connectivity index (χ3v) is 3.71. The van der Waals surface area contributed by atoms with Crippen LogP contribution in [0.2, 0.25) is 20.1 Å². The van der Waals surface area contributed by atoms with E-state index < -0.39 is 0 Å². The van der Waals surface area contributed by atoms with Crippen LogP contribution in [0.3, 0.4) is 0 Å². The summed E-state index contributed by atoms with van der Waals surface area (Å²) in [5.74, 6) is 0. The van der Waals surface area contributed by atoms with Gasteiger partial charge in [0.2, 0.25) is 0 Å². The summed E-state index contributed by atoms with van der Waals surface area (Å²) >= 11 is 23.6. The molecule has 0 aliphatic carbocycles. The molecule has 0 aliphatic heterocycles. The van der Waals surface area contributed by atoms with Crippen molar-refractivity contribution in [3.8, 4) is 11.1 Å². The number of aromatic amines is 1. The van der Waals surface area contributed by atoms with E-state index in [1.165, 1.54) is 12.3 Å². The second-order valence-corrected chi connectivity index (χ2v) is 4.88. The molecule has 0 spiro atoms. The Morgan fingerprint density at radius 2 is 1.65 bits per heavy atom. The lowest BCUT2D eigenvalue weighted by Gasteiger charge is -2.06. The minimum absolute atomic E-state index is 0.213. The molecular formula is C11H5Cl4NO. The van der Waals surface area contributed by atoms with Crippen molar-refractivity contribution in [3.05, 3.63) is 54.8 Å². The van der Waals surface area contributed by atoms with E-state index in [2.05, 4.69) is 4.98 Å². The van der Waals surface area contributed by atoms with Gasteiger partial charge < -0.3 is 4.98 Å². The molecule has 1 N–H and O–H groups in total. The lowest BCUT2D eigenvalue weighted by Crippen LogP contribution is -2.07. The quantitative estimate of drug-likeness (QED) is 0.764. The zero-order valence-corrected chi connectivity index (χ0v) is 11.3. The van der Waals surface area contributed by atoms with Crippen LogP contribution in [0, 0.1) is 0 Å². The van der Waals surface area contributed by atoms with Crippen LogP contribution < -0.4 is 5.56 Å². The Balaban J connectivity index is 2.73. The fourth-order valence-electron chi connectivity index (χ4n) is 1.39. The normalized spacial score (nSPS) is 10.6. The highest BCUT2D eigenvalue weighted by Gasteiger charge is 2.13. The molecule has 2 rings (SSSR count). The summed E-state index contributed by atoms with van der Waals surface area (Å²) in [6.07, 6.45) is 1.40. The summed E-state index contributed by atoms with van der Waals surface area (Å²) < 4.78 is 0. The second-order valence-electron chi connectivity index (χ2n) is 3.28. The third-order valence-electron chi connectivity index (χ3n) is 2.19. The number of hydrogen-bond acceptors (Lipinski definition) is 1. The molecule has 0 saturated carbocycles. The lowest BCUT2D eigenvalue weighted by atomic mass is 10.1. The zero-order chi connectivity index (χ0) is 12.6. The number of halogens is 4. The highest BCUT2D eigenvalue weighted by molar-refractivity contribution is 6.49. The van der Waals surface area contributed by atoms with E-state index in [1.54, 1.807) is 12.1 Å². The van der Waals surface area contributed by atoms with Gasteiger partial charge in [-0.25, -0.2) is 0 Å². The van der Waals surface area contributed by atoms with Gasteiger partial charge in [-0.1, -0.05) is 52.5 Å². The second kappa shape index (κ2) is 4.91. The van der Waals surface area contributed by atoms with Gasteiger partial charge in [-0.3, -0.25) is 4.79 Å². The highest BCUT2D eigenvalue weighted by Crippen LogP contribution is 2.37. The van der Waals surface area contributed by atoms with Gasteiger partial charge in [0.1, 0.15) is 0 Å². The molecule has 0 bridgehead atoms. The van der Waals surface area contributed by atoms with Gasteiger partial charge in [-0.15, -0.1) is 0 Å². The minimum Gasteiger partial charge on any atom is -0.327 e. The molecule has 0 radical (unpaired) electrons. The van der Waals surface area contributed by atoms with Gasteiger partial charge in [0, 0.05) is 17.3 Å². The zero-order valence-electron chi connectivity index (χ0n) is 8.23. The molecular weight excluding hydrogens is 304 g/mol. The molecule has 17 heavy (non-hydrogen) atoms. The smallest absolute Gasteiger partial charge is 0.255 e. The number of H-pyrrole nitrogens is 1. The van der Waals surface area contributed by atoms with E-state index in [0.29, 0.717) is 21.2 Å². The predicted molar refractivity (Wildman–Crippen MR) is 72.5 cm³/mol. The van der Waals surface area contributed by atoms with Crippen molar-refractivity contribution in [2.45, 2.75) is 0 Å². The monoisotopic (exact) mass is 307 g/mol. The molecule has 88 valence electrons. The fourth-order valence-corrected chi connectivity index (χ4v) is 2.19. The number of rotatable bonds is 1. The van der Waals surface area contributed by atoms with Crippen molar-refractivity contribution in [2.75, 3.05) is 0 Å². The molecule has 1 aromatic carbocycles. The van der Waals surface area contributed by atoms with Gasteiger partial charge in [-0.2, -0.15) is 0 Å². The van der Waals surface area contributed by atoms with Crippen LogP contribution in [-0.2, 0) is 0 Å². The van der Waals surface area contributed by atoms with Crippen molar-refractivity contribution in [1.29, 1.82) is 0 Å². The topological polar surface area (TPSA) is 32.9 Å². The maximum absolute atomic E-state index is 11.7. The van der Waals surface area contributed by atoms with Gasteiger partial charge >= 0.3 is 0 Å². The largest absolute Gasteiger partial charge is 0.327 e. The Bertz CT molecular complexity index is 636. The van der Waals surface area contributed by atoms with Crippen molar-refractivity contribution < 1.29 is 0 Å². The standard InChI is InChI=1S/C11H5Cl4NO/c12-5-3-7(11(17)16-4-5)6-1-2-8(13)10(15)9(6)14/h1-4H,(H,16,17). The van der Waals surface area contributed by atoms with Crippen LogP contribution in [0.1, 0.15) is 0 Å². The van der Waals surface area contributed by atoms with Gasteiger partial charge in [-0.05, 0) is 12.1 Å². The SMILES string of the molecule is O=c1[nH]cc(Cl)cc1-c1ccc(Cl)c(Cl)c1Cl. The Morgan fingerprint density at radius 3 is 2.35 bits per heavy atom. The predicted octanol–water partition coefficient (Wildman–Crippen LogP) is 4.66. The molecule has 2 aromatic rings. The number of benzene rings is 1. The van der Waals surface area contributed by atoms with Crippen molar-refractivity contribution >= 4 is 46.4 Å². The minimum atomic E-state index is -0.297. The maximum atomic E-state index is 11.7. The van der Waals surface area contributed by atoms with E-state index in [9.17, 15) is 4.79 Å². The molecule has 0 saturated heterocycles. The summed E-state index contributed by atoms with van der Waals surface area (Å²) in [5, 5.41) is 1.18. The summed E-state index contributed by atoms with van der Waals surface area (Å²) in [5.41, 5.74) is 0.542. The van der Waals surface area contributed by atoms with Crippen LogP contribution in [0.15, 0.2) is 29.2 Å². The fraction of sp³-hybridized carbons (Fsp3) is 0. The molecule has 0 fully saturated rings. The van der Waals surface area contributed by atoms with E-state index >= 15 is 0 Å². The first kappa shape index (κ1) is 12.8. The van der Waals surface area contributed by atoms with Crippen LogP contribution >= 0.6 is 46.4 Å². The van der Waals surface area contributed by atoms with Crippen LogP contribution in [0.5, 0.6) is 0 Å². The maximum Gasteiger partial charge on any atom is 0.255 e. The molecule has 1 aromatic heterocycles. The van der Waals surface area contributed by atoms with Gasteiger partial charge in [0.15, 0.2) is 0 Å². The van der Waals surface area contributed by atoms with E-state index in [0.717, 1.165) is 0 Å². The molecule has 0 unspecified atom stereocenters. The van der Waals surface area contributed by atoms with Crippen molar-refractivity contribution in [2.24, 2.45) is 0 Å². The average Bonchev–Trinajstić information content (AvgIpc) is 2.30. The summed E-state index contributed by atoms with van der Waals surface area (Å²) in [7, 11) is 0. The van der Waals surface area contributed by atoms with Crippen LogP contribution in [-0.4, -0.2) is 4.98 Å². The van der Waals surface area contributed by atoms with Crippen molar-refractivity contribution in [1.82, 2.24) is 4.98 Å². The van der Waals surface area contributed by atoms with Crippen molar-refractivity contribution in [3.63, 3.8) is 0 Å². The molecule has 0 atom stereocenters. The Labute approximate surface area is 117 Å². The molecule has 2 nitrogen and oxygen atoms in total. The first-order chi connectivity index (χ1) is 8.00. The van der Waals surface area contributed by atoms with Crippen LogP contribution in [0.25, 0.3) is 11.1 Å². The third kappa shape index (κ3) is 2.45. The van der Waals surface area contributed by atoms with Gasteiger partial charge in [0.25, 0.3) is 5.56 Å². The Morgan fingerprint density at radius 1 is 0.941 bits per heavy atom. The highest BCUT2D eigenvalue weighted by atomic mass is 35.5. The first-order valence-corrected chi connectivity index (χ1v) is 6.04. The summed E-state index contributed by atoms with van der Waals surface area (Å²) in [6, 6.07) is 4.72. The molecule has 0 amide bonds. The summed E-state index contributed by atoms with van der Waals surface area (Å²) in [4.78, 5) is 14.2. The van der Waals surface area contributed by atoms with Crippen LogP contribution in [0.4, 0.5) is 0 Å². The Kier molecular flexibility index (Phi) is 3.69. The molecule has 6 heteroatoms. The molecule has 1 heterocycles. The van der Waals surface area contributed by atoms with E-state index in [-0.39, 0.29) is 15.6 Å². The number of hydrogen-bond donors (Lipinski definition) is 1. The molecule has 0 aliphatic rings. The lowest BCUT2D eigenvalue weighted by molar-refractivity contribution is 1.24. The van der Waals surface area contributed by atoms with E-state index in [4.69, 9.17) is 46.4 Å². The average molecular weight is 309 g/mol. The first-order valence-electron chi connectivity index (χ1n) is 4.53. The van der Waals surface area contributed by atoms with E-state index in [1.807, 2.05) is 0 Å². The summed E-state index contributed by atoms with van der Waals surface area (Å²) in [6.45, 7) is 0. The van der Waals surface area contributed by atoms with Gasteiger partial charge in [0.05, 0.1) is 20.1 Å². The number of aromatic nitrogens is 1. The Hall–Kier alpha value is -0.670. The number of nitrogens with one attached hydrogen (secondary N) is 1.